The molecule has 0 aliphatic carbocycles. The Morgan fingerprint density at radius 3 is 2.60 bits per heavy atom. The van der Waals surface area contributed by atoms with E-state index >= 15 is 0 Å². The number of benzene rings is 1. The molecule has 100 valence electrons. The molecule has 0 spiro atoms. The Morgan fingerprint density at radius 2 is 1.95 bits per heavy atom. The van der Waals surface area contributed by atoms with E-state index in [0.29, 0.717) is 5.15 Å². The molecule has 1 aromatic heterocycles. The van der Waals surface area contributed by atoms with Crippen molar-refractivity contribution in [3.63, 3.8) is 0 Å². The van der Waals surface area contributed by atoms with Crippen LogP contribution in [0.2, 0.25) is 5.15 Å². The lowest BCUT2D eigenvalue weighted by atomic mass is 10.0. The number of aromatic nitrogens is 2. The highest BCUT2D eigenvalue weighted by molar-refractivity contribution is 6.32. The fourth-order valence-electron chi connectivity index (χ4n) is 1.87. The van der Waals surface area contributed by atoms with Crippen LogP contribution in [-0.4, -0.2) is 10.2 Å². The van der Waals surface area contributed by atoms with Crippen LogP contribution in [0.4, 0.5) is 0 Å². The van der Waals surface area contributed by atoms with Crippen molar-refractivity contribution in [2.75, 3.05) is 0 Å². The van der Waals surface area contributed by atoms with Gasteiger partial charge in [-0.05, 0) is 18.6 Å². The van der Waals surface area contributed by atoms with Gasteiger partial charge in [0, 0.05) is 11.1 Å². The molecule has 0 aliphatic rings. The largest absolute Gasteiger partial charge is 0.159 e. The van der Waals surface area contributed by atoms with Crippen molar-refractivity contribution in [3.8, 4) is 11.1 Å². The van der Waals surface area contributed by atoms with E-state index in [4.69, 9.17) is 11.6 Å². The van der Waals surface area contributed by atoms with Crippen molar-refractivity contribution < 1.29 is 0 Å². The lowest BCUT2D eigenvalue weighted by Gasteiger charge is -2.06. The number of rotatable bonds is 4. The first-order valence-corrected chi connectivity index (χ1v) is 6.68. The minimum Gasteiger partial charge on any atom is -0.149 e. The molecule has 0 aliphatic heterocycles. The summed E-state index contributed by atoms with van der Waals surface area (Å²) in [5.41, 5.74) is 3.61. The van der Waals surface area contributed by atoms with Crippen molar-refractivity contribution in [2.24, 2.45) is 0 Å². The third-order valence-electron chi connectivity index (χ3n) is 2.77. The van der Waals surface area contributed by atoms with E-state index in [0.717, 1.165) is 22.4 Å². The molecule has 0 radical (unpaired) electrons. The summed E-state index contributed by atoms with van der Waals surface area (Å²) >= 11 is 6.16. The van der Waals surface area contributed by atoms with Gasteiger partial charge in [0.25, 0.3) is 0 Å². The lowest BCUT2D eigenvalue weighted by Crippen LogP contribution is -1.94. The summed E-state index contributed by atoms with van der Waals surface area (Å²) in [6.07, 6.45) is 7.54. The minimum atomic E-state index is 0.401. The van der Waals surface area contributed by atoms with Crippen LogP contribution < -0.4 is 0 Å². The average molecular weight is 283 g/mol. The van der Waals surface area contributed by atoms with E-state index < -0.39 is 0 Å². The molecule has 0 saturated heterocycles. The third kappa shape index (κ3) is 3.22. The molecule has 0 saturated carbocycles. The molecule has 0 amide bonds. The number of halogens is 1. The van der Waals surface area contributed by atoms with Gasteiger partial charge in [-0.15, -0.1) is 10.2 Å². The SMILES string of the molecule is C=C/C=C(\C=C/C)c1cc(-c2ccccc2)c(Cl)nn1. The summed E-state index contributed by atoms with van der Waals surface area (Å²) in [7, 11) is 0. The van der Waals surface area contributed by atoms with Gasteiger partial charge in [-0.2, -0.15) is 0 Å². The molecule has 2 rings (SSSR count). The molecule has 0 atom stereocenters. The second kappa shape index (κ2) is 6.83. The first-order valence-electron chi connectivity index (χ1n) is 6.30. The minimum absolute atomic E-state index is 0.401. The van der Waals surface area contributed by atoms with E-state index in [1.807, 2.05) is 61.5 Å². The molecule has 20 heavy (non-hydrogen) atoms. The van der Waals surface area contributed by atoms with Crippen LogP contribution in [0.15, 0.2) is 67.3 Å². The molecular weight excluding hydrogens is 268 g/mol. The molecule has 0 bridgehead atoms. The van der Waals surface area contributed by atoms with E-state index in [2.05, 4.69) is 16.8 Å². The number of hydrogen-bond donors (Lipinski definition) is 0. The Bertz CT molecular complexity index is 658. The number of nitrogens with zero attached hydrogens (tertiary/aromatic N) is 2. The summed E-state index contributed by atoms with van der Waals surface area (Å²) in [5.74, 6) is 0. The lowest BCUT2D eigenvalue weighted by molar-refractivity contribution is 1.01. The second-order valence-electron chi connectivity index (χ2n) is 4.16. The zero-order chi connectivity index (χ0) is 14.4. The molecule has 2 aromatic rings. The molecule has 3 heteroatoms. The Hall–Kier alpha value is -2.19. The third-order valence-corrected chi connectivity index (χ3v) is 3.05. The second-order valence-corrected chi connectivity index (χ2v) is 4.52. The van der Waals surface area contributed by atoms with Gasteiger partial charge in [-0.3, -0.25) is 0 Å². The van der Waals surface area contributed by atoms with Gasteiger partial charge < -0.3 is 0 Å². The molecule has 1 heterocycles. The average Bonchev–Trinajstić information content (AvgIpc) is 2.48. The molecule has 2 nitrogen and oxygen atoms in total. The smallest absolute Gasteiger partial charge is 0.149 e. The maximum atomic E-state index is 6.16. The van der Waals surface area contributed by atoms with Crippen molar-refractivity contribution in [1.82, 2.24) is 10.2 Å². The van der Waals surface area contributed by atoms with Crippen molar-refractivity contribution in [1.29, 1.82) is 0 Å². The summed E-state index contributed by atoms with van der Waals surface area (Å²) in [6.45, 7) is 5.68. The number of allylic oxidation sites excluding steroid dienone is 5. The van der Waals surface area contributed by atoms with Gasteiger partial charge >= 0.3 is 0 Å². The predicted molar refractivity (Wildman–Crippen MR) is 85.5 cm³/mol. The highest BCUT2D eigenvalue weighted by Crippen LogP contribution is 2.28. The van der Waals surface area contributed by atoms with Crippen LogP contribution in [0.25, 0.3) is 16.7 Å². The Kier molecular flexibility index (Phi) is 4.85. The molecular formula is C17H15ClN2. The van der Waals surface area contributed by atoms with E-state index in [9.17, 15) is 0 Å². The highest BCUT2D eigenvalue weighted by Gasteiger charge is 2.09. The zero-order valence-electron chi connectivity index (χ0n) is 11.3. The standard InChI is InChI=1S/C17H15ClN2/c1-3-8-14(9-4-2)16-12-15(17(18)20-19-16)13-10-6-5-7-11-13/h3-12H,1H2,2H3/b9-4-,14-8+. The van der Waals surface area contributed by atoms with Gasteiger partial charge in [0.15, 0.2) is 5.15 Å². The van der Waals surface area contributed by atoms with Gasteiger partial charge in [-0.1, -0.05) is 72.8 Å². The first-order chi connectivity index (χ1) is 9.76. The van der Waals surface area contributed by atoms with Crippen LogP contribution in [-0.2, 0) is 0 Å². The summed E-state index contributed by atoms with van der Waals surface area (Å²) in [4.78, 5) is 0. The maximum Gasteiger partial charge on any atom is 0.159 e. The van der Waals surface area contributed by atoms with Crippen LogP contribution in [0.5, 0.6) is 0 Å². The van der Waals surface area contributed by atoms with Gasteiger partial charge in [0.1, 0.15) is 0 Å². The summed E-state index contributed by atoms with van der Waals surface area (Å²) < 4.78 is 0. The summed E-state index contributed by atoms with van der Waals surface area (Å²) in [6, 6.07) is 11.9. The molecule has 0 N–H and O–H groups in total. The Labute approximate surface area is 124 Å². The molecule has 1 aromatic carbocycles. The first kappa shape index (κ1) is 14.2. The summed E-state index contributed by atoms with van der Waals surface area (Å²) in [5, 5.41) is 8.60. The van der Waals surface area contributed by atoms with Crippen LogP contribution >= 0.6 is 11.6 Å². The van der Waals surface area contributed by atoms with Gasteiger partial charge in [0.2, 0.25) is 0 Å². The van der Waals surface area contributed by atoms with E-state index in [1.54, 1.807) is 6.08 Å². The van der Waals surface area contributed by atoms with Crippen molar-refractivity contribution >= 4 is 17.2 Å². The Balaban J connectivity index is 2.54. The van der Waals surface area contributed by atoms with Gasteiger partial charge in [0.05, 0.1) is 5.69 Å². The normalized spacial score (nSPS) is 11.8. The predicted octanol–water partition coefficient (Wildman–Crippen LogP) is 4.94. The highest BCUT2D eigenvalue weighted by atomic mass is 35.5. The Morgan fingerprint density at radius 1 is 1.20 bits per heavy atom. The fraction of sp³-hybridized carbons (Fsp3) is 0.0588. The quantitative estimate of drug-likeness (QED) is 0.742. The zero-order valence-corrected chi connectivity index (χ0v) is 12.0. The number of hydrogen-bond acceptors (Lipinski definition) is 2. The monoisotopic (exact) mass is 282 g/mol. The van der Waals surface area contributed by atoms with Crippen molar-refractivity contribution in [3.05, 3.63) is 78.1 Å². The molecule has 0 fully saturated rings. The van der Waals surface area contributed by atoms with Crippen LogP contribution in [0.1, 0.15) is 12.6 Å². The topological polar surface area (TPSA) is 25.8 Å². The van der Waals surface area contributed by atoms with Crippen LogP contribution in [0.3, 0.4) is 0 Å². The van der Waals surface area contributed by atoms with Crippen molar-refractivity contribution in [2.45, 2.75) is 6.92 Å². The fourth-order valence-corrected chi connectivity index (χ4v) is 2.07. The van der Waals surface area contributed by atoms with Crippen LogP contribution in [0, 0.1) is 0 Å². The van der Waals surface area contributed by atoms with E-state index in [1.165, 1.54) is 0 Å². The molecule has 0 unspecified atom stereocenters. The van der Waals surface area contributed by atoms with Gasteiger partial charge in [-0.25, -0.2) is 0 Å². The maximum absolute atomic E-state index is 6.16. The van der Waals surface area contributed by atoms with E-state index in [-0.39, 0.29) is 0 Å².